The van der Waals surface area contributed by atoms with Gasteiger partial charge in [-0.15, -0.1) is 0 Å². The summed E-state index contributed by atoms with van der Waals surface area (Å²) in [5.74, 6) is 0.791. The summed E-state index contributed by atoms with van der Waals surface area (Å²) in [4.78, 5) is 15.3. The topological polar surface area (TPSA) is 54.4 Å². The zero-order valence-electron chi connectivity index (χ0n) is 17.0. The molecule has 2 aromatic rings. The maximum atomic E-state index is 13.2. The van der Waals surface area contributed by atoms with Gasteiger partial charge < -0.3 is 9.47 Å². The SMILES string of the molecule is COc1ccccc1C1=NN(C(=O)CN2CCOCC2)[C@H](c2ccc(C)cc2)C1. The van der Waals surface area contributed by atoms with E-state index < -0.39 is 0 Å². The third kappa shape index (κ3) is 4.33. The van der Waals surface area contributed by atoms with Crippen molar-refractivity contribution in [3.63, 3.8) is 0 Å². The molecule has 29 heavy (non-hydrogen) atoms. The normalized spacial score (nSPS) is 19.9. The Kier molecular flexibility index (Phi) is 5.92. The molecule has 0 radical (unpaired) electrons. The van der Waals surface area contributed by atoms with Crippen LogP contribution in [0.5, 0.6) is 5.75 Å². The van der Waals surface area contributed by atoms with Gasteiger partial charge in [-0.05, 0) is 24.6 Å². The molecule has 0 unspecified atom stereocenters. The maximum Gasteiger partial charge on any atom is 0.257 e. The molecule has 2 heterocycles. The van der Waals surface area contributed by atoms with Crippen LogP contribution in [0, 0.1) is 6.92 Å². The fourth-order valence-corrected chi connectivity index (χ4v) is 3.86. The van der Waals surface area contributed by atoms with Crippen LogP contribution in [0.25, 0.3) is 0 Å². The van der Waals surface area contributed by atoms with Gasteiger partial charge in [0.05, 0.1) is 38.6 Å². The summed E-state index contributed by atoms with van der Waals surface area (Å²) in [6.07, 6.45) is 0.665. The molecule has 0 bridgehead atoms. The third-order valence-corrected chi connectivity index (χ3v) is 5.51. The Labute approximate surface area is 171 Å². The van der Waals surface area contributed by atoms with Gasteiger partial charge in [0.25, 0.3) is 5.91 Å². The Balaban J connectivity index is 1.63. The van der Waals surface area contributed by atoms with Crippen molar-refractivity contribution >= 4 is 11.6 Å². The van der Waals surface area contributed by atoms with Gasteiger partial charge in [0.2, 0.25) is 0 Å². The van der Waals surface area contributed by atoms with Crippen molar-refractivity contribution in [2.75, 3.05) is 40.0 Å². The summed E-state index contributed by atoms with van der Waals surface area (Å²) >= 11 is 0. The number of methoxy groups -OCH3 is 1. The zero-order valence-corrected chi connectivity index (χ0v) is 17.0. The van der Waals surface area contributed by atoms with Crippen molar-refractivity contribution in [2.24, 2.45) is 5.10 Å². The monoisotopic (exact) mass is 393 g/mol. The second-order valence-corrected chi connectivity index (χ2v) is 7.50. The lowest BCUT2D eigenvalue weighted by molar-refractivity contribution is -0.135. The van der Waals surface area contributed by atoms with Gasteiger partial charge in [0.1, 0.15) is 5.75 Å². The fraction of sp³-hybridized carbons (Fsp3) is 0.391. The van der Waals surface area contributed by atoms with E-state index in [0.29, 0.717) is 26.2 Å². The lowest BCUT2D eigenvalue weighted by Crippen LogP contribution is -2.43. The number of morpholine rings is 1. The zero-order chi connectivity index (χ0) is 20.2. The minimum Gasteiger partial charge on any atom is -0.496 e. The molecule has 2 aromatic carbocycles. The van der Waals surface area contributed by atoms with Gasteiger partial charge in [0.15, 0.2) is 0 Å². The molecular weight excluding hydrogens is 366 g/mol. The first-order valence-electron chi connectivity index (χ1n) is 10.1. The molecule has 2 aliphatic rings. The number of ether oxygens (including phenoxy) is 2. The Hall–Kier alpha value is -2.70. The second-order valence-electron chi connectivity index (χ2n) is 7.50. The fourth-order valence-electron chi connectivity index (χ4n) is 3.86. The molecule has 1 saturated heterocycles. The lowest BCUT2D eigenvalue weighted by Gasteiger charge is -2.29. The molecule has 0 spiro atoms. The molecule has 6 heteroatoms. The average molecular weight is 393 g/mol. The minimum atomic E-state index is -0.107. The summed E-state index contributed by atoms with van der Waals surface area (Å²) in [5.41, 5.74) is 4.11. The Morgan fingerprint density at radius 3 is 2.59 bits per heavy atom. The highest BCUT2D eigenvalue weighted by Crippen LogP contribution is 2.35. The average Bonchev–Trinajstić information content (AvgIpc) is 3.20. The third-order valence-electron chi connectivity index (χ3n) is 5.51. The van der Waals surface area contributed by atoms with Gasteiger partial charge in [-0.2, -0.15) is 5.10 Å². The van der Waals surface area contributed by atoms with E-state index in [9.17, 15) is 4.79 Å². The van der Waals surface area contributed by atoms with Crippen LogP contribution in [0.1, 0.15) is 29.2 Å². The first kappa shape index (κ1) is 19.6. The first-order valence-corrected chi connectivity index (χ1v) is 10.1. The number of benzene rings is 2. The van der Waals surface area contributed by atoms with Gasteiger partial charge in [-0.25, -0.2) is 5.01 Å². The molecule has 0 aromatic heterocycles. The van der Waals surface area contributed by atoms with Crippen LogP contribution in [0.3, 0.4) is 0 Å². The summed E-state index contributed by atoms with van der Waals surface area (Å²) in [5, 5.41) is 6.44. The van der Waals surface area contributed by atoms with Crippen molar-refractivity contribution in [1.29, 1.82) is 0 Å². The highest BCUT2D eigenvalue weighted by atomic mass is 16.5. The molecule has 6 nitrogen and oxygen atoms in total. The van der Waals surface area contributed by atoms with Crippen molar-refractivity contribution in [3.05, 3.63) is 65.2 Å². The highest BCUT2D eigenvalue weighted by molar-refractivity contribution is 6.05. The maximum absolute atomic E-state index is 13.2. The van der Waals surface area contributed by atoms with Crippen molar-refractivity contribution in [2.45, 2.75) is 19.4 Å². The van der Waals surface area contributed by atoms with Crippen LogP contribution in [-0.2, 0) is 9.53 Å². The Morgan fingerprint density at radius 1 is 1.14 bits per heavy atom. The summed E-state index contributed by atoms with van der Waals surface area (Å²) in [6, 6.07) is 16.1. The number of hydrogen-bond acceptors (Lipinski definition) is 5. The largest absolute Gasteiger partial charge is 0.496 e. The van der Waals surface area contributed by atoms with Crippen LogP contribution in [0.2, 0.25) is 0 Å². The van der Waals surface area contributed by atoms with E-state index in [2.05, 4.69) is 36.1 Å². The molecule has 4 rings (SSSR count). The number of carbonyl (C=O) groups is 1. The number of carbonyl (C=O) groups excluding carboxylic acids is 1. The van der Waals surface area contributed by atoms with E-state index >= 15 is 0 Å². The van der Waals surface area contributed by atoms with Gasteiger partial charge in [-0.3, -0.25) is 9.69 Å². The molecule has 1 fully saturated rings. The van der Waals surface area contributed by atoms with Gasteiger partial charge in [0, 0.05) is 25.1 Å². The van der Waals surface area contributed by atoms with Gasteiger partial charge >= 0.3 is 0 Å². The number of hydrogen-bond donors (Lipinski definition) is 0. The van der Waals surface area contributed by atoms with E-state index in [4.69, 9.17) is 14.6 Å². The molecule has 0 N–H and O–H groups in total. The minimum absolute atomic E-state index is 0.0161. The molecule has 152 valence electrons. The van der Waals surface area contributed by atoms with E-state index in [1.807, 2.05) is 24.3 Å². The first-order chi connectivity index (χ1) is 14.2. The van der Waals surface area contributed by atoms with E-state index in [-0.39, 0.29) is 11.9 Å². The molecular formula is C23H27N3O3. The predicted molar refractivity (Wildman–Crippen MR) is 112 cm³/mol. The van der Waals surface area contributed by atoms with E-state index in [0.717, 1.165) is 35.7 Å². The lowest BCUT2D eigenvalue weighted by atomic mass is 9.97. The summed E-state index contributed by atoms with van der Waals surface area (Å²) in [7, 11) is 1.66. The predicted octanol–water partition coefficient (Wildman–Crippen LogP) is 3.01. The molecule has 0 saturated carbocycles. The Morgan fingerprint density at radius 2 is 1.86 bits per heavy atom. The standard InChI is InChI=1S/C23H27N3O3/c1-17-7-9-18(10-8-17)21-15-20(19-5-3-4-6-22(19)28-2)24-26(21)23(27)16-25-11-13-29-14-12-25/h3-10,21H,11-16H2,1-2H3/t21-/m0/s1. The molecule has 1 amide bonds. The van der Waals surface area contributed by atoms with Crippen LogP contribution in [0.4, 0.5) is 0 Å². The number of amides is 1. The molecule has 0 aliphatic carbocycles. The number of rotatable bonds is 5. The number of nitrogens with zero attached hydrogens (tertiary/aromatic N) is 3. The van der Waals surface area contributed by atoms with Crippen LogP contribution < -0.4 is 4.74 Å². The van der Waals surface area contributed by atoms with Crippen molar-refractivity contribution in [1.82, 2.24) is 9.91 Å². The molecule has 1 atom stereocenters. The smallest absolute Gasteiger partial charge is 0.257 e. The van der Waals surface area contributed by atoms with Crippen molar-refractivity contribution < 1.29 is 14.3 Å². The van der Waals surface area contributed by atoms with E-state index in [1.165, 1.54) is 5.56 Å². The number of para-hydroxylation sites is 1. The quantitative estimate of drug-likeness (QED) is 0.784. The number of hydrazone groups is 1. The van der Waals surface area contributed by atoms with Crippen LogP contribution in [0.15, 0.2) is 53.6 Å². The summed E-state index contributed by atoms with van der Waals surface area (Å²) in [6.45, 7) is 5.31. The number of aryl methyl sites for hydroxylation is 1. The second kappa shape index (κ2) is 8.76. The van der Waals surface area contributed by atoms with Crippen LogP contribution >= 0.6 is 0 Å². The van der Waals surface area contributed by atoms with Crippen LogP contribution in [-0.4, -0.2) is 61.5 Å². The summed E-state index contributed by atoms with van der Waals surface area (Å²) < 4.78 is 10.9. The van der Waals surface area contributed by atoms with Crippen molar-refractivity contribution in [3.8, 4) is 5.75 Å². The molecule has 2 aliphatic heterocycles. The van der Waals surface area contributed by atoms with E-state index in [1.54, 1.807) is 12.1 Å². The van der Waals surface area contributed by atoms with Gasteiger partial charge in [-0.1, -0.05) is 42.0 Å². The highest BCUT2D eigenvalue weighted by Gasteiger charge is 2.34. The Bertz CT molecular complexity index is 888.